The normalized spacial score (nSPS) is 24.9. The molecule has 0 unspecified atom stereocenters. The number of nitrogens with two attached hydrogens (primary N) is 1. The molecule has 0 amide bonds. The minimum absolute atomic E-state index is 0.129. The van der Waals surface area contributed by atoms with Crippen molar-refractivity contribution in [3.63, 3.8) is 0 Å². The van der Waals surface area contributed by atoms with Gasteiger partial charge in [-0.1, -0.05) is 12.8 Å². The average Bonchev–Trinajstić information content (AvgIpc) is 3.15. The first-order chi connectivity index (χ1) is 10.2. The Kier molecular flexibility index (Phi) is 3.23. The molecule has 0 aromatic heterocycles. The third kappa shape index (κ3) is 2.27. The topological polar surface area (TPSA) is 44.5 Å². The molecule has 1 aliphatic heterocycles. The minimum atomic E-state index is 0.129. The van der Waals surface area contributed by atoms with Gasteiger partial charge in [-0.2, -0.15) is 0 Å². The van der Waals surface area contributed by atoms with Crippen LogP contribution in [0.2, 0.25) is 0 Å². The molecular formula is C17H22BrNO2. The summed E-state index contributed by atoms with van der Waals surface area (Å²) in [6.45, 7) is 2.27. The first-order valence-electron chi connectivity index (χ1n) is 7.96. The van der Waals surface area contributed by atoms with Crippen molar-refractivity contribution in [3.8, 4) is 11.5 Å². The van der Waals surface area contributed by atoms with Gasteiger partial charge in [0, 0.05) is 17.4 Å². The van der Waals surface area contributed by atoms with Gasteiger partial charge in [0.05, 0.1) is 17.7 Å². The highest BCUT2D eigenvalue weighted by Crippen LogP contribution is 2.52. The Morgan fingerprint density at radius 2 is 1.76 bits per heavy atom. The molecule has 1 aromatic carbocycles. The Morgan fingerprint density at radius 1 is 1.05 bits per heavy atom. The lowest BCUT2D eigenvalue weighted by atomic mass is 9.79. The van der Waals surface area contributed by atoms with Gasteiger partial charge in [-0.25, -0.2) is 0 Å². The van der Waals surface area contributed by atoms with Crippen LogP contribution in [0.4, 0.5) is 0 Å². The van der Waals surface area contributed by atoms with Crippen LogP contribution in [-0.4, -0.2) is 19.8 Å². The van der Waals surface area contributed by atoms with Crippen LogP contribution in [0.1, 0.15) is 44.1 Å². The van der Waals surface area contributed by atoms with Crippen LogP contribution in [0.25, 0.3) is 0 Å². The monoisotopic (exact) mass is 351 g/mol. The van der Waals surface area contributed by atoms with E-state index in [-0.39, 0.29) is 10.8 Å². The Morgan fingerprint density at radius 3 is 2.43 bits per heavy atom. The minimum Gasteiger partial charge on any atom is -0.489 e. The van der Waals surface area contributed by atoms with Crippen molar-refractivity contribution >= 4 is 15.9 Å². The summed E-state index contributed by atoms with van der Waals surface area (Å²) in [5, 5.41) is 0. The third-order valence-corrected chi connectivity index (χ3v) is 6.18. The van der Waals surface area contributed by atoms with Crippen LogP contribution >= 0.6 is 15.9 Å². The summed E-state index contributed by atoms with van der Waals surface area (Å²) in [5.74, 6) is 1.76. The van der Waals surface area contributed by atoms with Crippen LogP contribution in [-0.2, 0) is 5.41 Å². The van der Waals surface area contributed by atoms with Gasteiger partial charge in [-0.05, 0) is 59.3 Å². The van der Waals surface area contributed by atoms with Crippen molar-refractivity contribution in [1.29, 1.82) is 0 Å². The quantitative estimate of drug-likeness (QED) is 0.881. The predicted molar refractivity (Wildman–Crippen MR) is 86.0 cm³/mol. The highest BCUT2D eigenvalue weighted by atomic mass is 79.9. The van der Waals surface area contributed by atoms with Gasteiger partial charge in [0.1, 0.15) is 0 Å². The van der Waals surface area contributed by atoms with Crippen molar-refractivity contribution in [1.82, 2.24) is 0 Å². The van der Waals surface area contributed by atoms with Gasteiger partial charge in [-0.15, -0.1) is 0 Å². The van der Waals surface area contributed by atoms with E-state index < -0.39 is 0 Å². The van der Waals surface area contributed by atoms with Crippen LogP contribution in [0.15, 0.2) is 16.6 Å². The summed E-state index contributed by atoms with van der Waals surface area (Å²) >= 11 is 3.68. The van der Waals surface area contributed by atoms with Crippen molar-refractivity contribution < 1.29 is 9.47 Å². The van der Waals surface area contributed by atoms with Crippen molar-refractivity contribution in [3.05, 3.63) is 22.2 Å². The SMILES string of the molecule is NCC1(c2cc(Br)c3c(c2)OCC2(CC2)CO3)CCCC1. The molecule has 3 aliphatic rings. The first-order valence-corrected chi connectivity index (χ1v) is 8.76. The van der Waals surface area contributed by atoms with E-state index in [9.17, 15) is 0 Å². The Labute approximate surface area is 134 Å². The van der Waals surface area contributed by atoms with Gasteiger partial charge in [0.2, 0.25) is 0 Å². The summed E-state index contributed by atoms with van der Waals surface area (Å²) in [7, 11) is 0. The van der Waals surface area contributed by atoms with Crippen molar-refractivity contribution in [2.75, 3.05) is 19.8 Å². The lowest BCUT2D eigenvalue weighted by Crippen LogP contribution is -2.32. The molecule has 4 heteroatoms. The van der Waals surface area contributed by atoms with Crippen LogP contribution < -0.4 is 15.2 Å². The zero-order valence-electron chi connectivity index (χ0n) is 12.3. The Hall–Kier alpha value is -0.740. The second kappa shape index (κ2) is 4.88. The largest absolute Gasteiger partial charge is 0.489 e. The molecule has 114 valence electrons. The van der Waals surface area contributed by atoms with Gasteiger partial charge < -0.3 is 15.2 Å². The predicted octanol–water partition coefficient (Wildman–Crippen LogP) is 3.77. The van der Waals surface area contributed by atoms with Crippen molar-refractivity contribution in [2.45, 2.75) is 43.9 Å². The van der Waals surface area contributed by atoms with E-state index in [0.717, 1.165) is 29.2 Å². The molecule has 0 atom stereocenters. The second-order valence-electron chi connectivity index (χ2n) is 7.05. The maximum Gasteiger partial charge on any atom is 0.175 e. The lowest BCUT2D eigenvalue weighted by Gasteiger charge is -2.29. The molecule has 3 nitrogen and oxygen atoms in total. The number of hydrogen-bond donors (Lipinski definition) is 1. The number of fused-ring (bicyclic) bond motifs is 1. The van der Waals surface area contributed by atoms with Gasteiger partial charge in [-0.3, -0.25) is 0 Å². The number of ether oxygens (including phenoxy) is 2. The van der Waals surface area contributed by atoms with E-state index in [2.05, 4.69) is 28.1 Å². The molecule has 2 fully saturated rings. The highest BCUT2D eigenvalue weighted by molar-refractivity contribution is 9.10. The number of halogens is 1. The molecule has 21 heavy (non-hydrogen) atoms. The van der Waals surface area contributed by atoms with Crippen LogP contribution in [0.5, 0.6) is 11.5 Å². The summed E-state index contributed by atoms with van der Waals surface area (Å²) in [5.41, 5.74) is 7.84. The standard InChI is InChI=1S/C17H22BrNO2/c18-13-7-12(17(9-19)3-1-2-4-17)8-14-15(13)21-11-16(5-6-16)10-20-14/h7-8H,1-6,9-11,19H2. The fourth-order valence-corrected chi connectivity index (χ4v) is 4.30. The fourth-order valence-electron chi connectivity index (χ4n) is 3.75. The number of hydrogen-bond acceptors (Lipinski definition) is 3. The van der Waals surface area contributed by atoms with Gasteiger partial charge >= 0.3 is 0 Å². The molecule has 4 rings (SSSR count). The zero-order valence-corrected chi connectivity index (χ0v) is 13.9. The van der Waals surface area contributed by atoms with Crippen LogP contribution in [0, 0.1) is 5.41 Å². The molecule has 0 saturated heterocycles. The van der Waals surface area contributed by atoms with Gasteiger partial charge in [0.15, 0.2) is 11.5 Å². The van der Waals surface area contributed by atoms with E-state index in [1.54, 1.807) is 0 Å². The van der Waals surface area contributed by atoms with E-state index in [1.165, 1.54) is 44.1 Å². The lowest BCUT2D eigenvalue weighted by molar-refractivity contribution is 0.196. The Balaban J connectivity index is 1.72. The molecule has 1 aromatic rings. The molecule has 2 aliphatic carbocycles. The highest BCUT2D eigenvalue weighted by Gasteiger charge is 2.46. The summed E-state index contributed by atoms with van der Waals surface area (Å²) in [4.78, 5) is 0. The Bertz CT molecular complexity index is 562. The van der Waals surface area contributed by atoms with Gasteiger partial charge in [0.25, 0.3) is 0 Å². The smallest absolute Gasteiger partial charge is 0.175 e. The second-order valence-corrected chi connectivity index (χ2v) is 7.91. The number of rotatable bonds is 2. The number of benzene rings is 1. The van der Waals surface area contributed by atoms with E-state index >= 15 is 0 Å². The molecule has 1 heterocycles. The summed E-state index contributed by atoms with van der Waals surface area (Å²) < 4.78 is 13.1. The first kappa shape index (κ1) is 13.9. The van der Waals surface area contributed by atoms with E-state index in [4.69, 9.17) is 15.2 Å². The maximum absolute atomic E-state index is 6.12. The average molecular weight is 352 g/mol. The van der Waals surface area contributed by atoms with E-state index in [0.29, 0.717) is 6.54 Å². The summed E-state index contributed by atoms with van der Waals surface area (Å²) in [6.07, 6.45) is 7.34. The molecule has 0 radical (unpaired) electrons. The summed E-state index contributed by atoms with van der Waals surface area (Å²) in [6, 6.07) is 4.38. The van der Waals surface area contributed by atoms with E-state index in [1.807, 2.05) is 0 Å². The molecule has 2 N–H and O–H groups in total. The molecule has 2 saturated carbocycles. The molecular weight excluding hydrogens is 330 g/mol. The third-order valence-electron chi connectivity index (χ3n) is 5.59. The van der Waals surface area contributed by atoms with Crippen molar-refractivity contribution in [2.24, 2.45) is 11.1 Å². The maximum atomic E-state index is 6.12. The molecule has 1 spiro atoms. The fraction of sp³-hybridized carbons (Fsp3) is 0.647. The zero-order chi connectivity index (χ0) is 14.5. The molecule has 0 bridgehead atoms. The van der Waals surface area contributed by atoms with Crippen LogP contribution in [0.3, 0.4) is 0 Å².